The van der Waals surface area contributed by atoms with E-state index in [2.05, 4.69) is 17.2 Å². The molecule has 0 spiro atoms. The number of ether oxygens (including phenoxy) is 1. The standard InChI is InChI=1S/C29H29N5O6S/c1-2-16-14-29(16,28(38)39)33-25(36)21-13-17(15-34(21)27(37)20-9-5-11-23(35)30-20)40-26-24(22-10-6-12-41-22)31-18-7-3-4-8-19(18)32-26/h2-4,6-8,10,12,16-17,20-21H,1,5,9,11,13-15H2,(H,30,35)(H,33,36)(H,38,39)/t16-,17-,20+,21+,29-/m1/s1. The number of hydrogen-bond acceptors (Lipinski definition) is 8. The summed E-state index contributed by atoms with van der Waals surface area (Å²) in [5.41, 5.74) is 0.458. The summed E-state index contributed by atoms with van der Waals surface area (Å²) in [6.45, 7) is 3.74. The predicted octanol–water partition coefficient (Wildman–Crippen LogP) is 2.52. The van der Waals surface area contributed by atoms with Crippen molar-refractivity contribution >= 4 is 46.1 Å². The number of likely N-dealkylation sites (tertiary alicyclic amines) is 1. The molecule has 0 bridgehead atoms. The van der Waals surface area contributed by atoms with Crippen molar-refractivity contribution in [1.82, 2.24) is 25.5 Å². The second-order valence-corrected chi connectivity index (χ2v) is 11.6. The summed E-state index contributed by atoms with van der Waals surface area (Å²) >= 11 is 1.49. The molecule has 2 aromatic heterocycles. The Morgan fingerprint density at radius 3 is 2.63 bits per heavy atom. The van der Waals surface area contributed by atoms with E-state index in [0.717, 1.165) is 4.88 Å². The van der Waals surface area contributed by atoms with E-state index in [-0.39, 0.29) is 31.2 Å². The fraction of sp³-hybridized carbons (Fsp3) is 0.379. The number of carbonyl (C=O) groups excluding carboxylic acids is 3. The molecule has 0 unspecified atom stereocenters. The van der Waals surface area contributed by atoms with Gasteiger partial charge in [0.25, 0.3) is 0 Å². The zero-order valence-corrected chi connectivity index (χ0v) is 22.9. The van der Waals surface area contributed by atoms with Crippen LogP contribution in [0.2, 0.25) is 0 Å². The Hall–Kier alpha value is -4.32. The molecule has 2 saturated heterocycles. The Morgan fingerprint density at radius 1 is 1.20 bits per heavy atom. The molecule has 2 aliphatic heterocycles. The average Bonchev–Trinajstić information content (AvgIpc) is 3.28. The number of thiophene rings is 1. The summed E-state index contributed by atoms with van der Waals surface area (Å²) in [6.07, 6.45) is 2.59. The van der Waals surface area contributed by atoms with E-state index in [9.17, 15) is 24.3 Å². The van der Waals surface area contributed by atoms with Crippen LogP contribution in [-0.4, -0.2) is 73.9 Å². The van der Waals surface area contributed by atoms with Crippen LogP contribution in [0.5, 0.6) is 5.88 Å². The van der Waals surface area contributed by atoms with Crippen LogP contribution in [0.15, 0.2) is 54.4 Å². The van der Waals surface area contributed by atoms with Gasteiger partial charge in [-0.25, -0.2) is 14.8 Å². The van der Waals surface area contributed by atoms with Crippen LogP contribution < -0.4 is 15.4 Å². The summed E-state index contributed by atoms with van der Waals surface area (Å²) in [5, 5.41) is 17.2. The number of carbonyl (C=O) groups is 4. The van der Waals surface area contributed by atoms with Crippen molar-refractivity contribution in [2.24, 2.45) is 5.92 Å². The van der Waals surface area contributed by atoms with Crippen molar-refractivity contribution in [2.45, 2.75) is 55.8 Å². The number of para-hydroxylation sites is 2. The highest BCUT2D eigenvalue weighted by Gasteiger charge is 2.61. The van der Waals surface area contributed by atoms with E-state index >= 15 is 0 Å². The Balaban J connectivity index is 1.30. The molecule has 3 fully saturated rings. The van der Waals surface area contributed by atoms with Gasteiger partial charge in [-0.05, 0) is 42.8 Å². The van der Waals surface area contributed by atoms with Crippen LogP contribution in [0.3, 0.4) is 0 Å². The Morgan fingerprint density at radius 2 is 1.98 bits per heavy atom. The maximum Gasteiger partial charge on any atom is 0.330 e. The monoisotopic (exact) mass is 575 g/mol. The third-order valence-corrected chi connectivity index (χ3v) is 8.85. The quantitative estimate of drug-likeness (QED) is 0.347. The zero-order valence-electron chi connectivity index (χ0n) is 22.1. The van der Waals surface area contributed by atoms with Gasteiger partial charge >= 0.3 is 5.97 Å². The lowest BCUT2D eigenvalue weighted by atomic mass is 10.0. The molecule has 3 aliphatic rings. The summed E-state index contributed by atoms with van der Waals surface area (Å²) in [7, 11) is 0. The van der Waals surface area contributed by atoms with Gasteiger partial charge in [0.2, 0.25) is 23.6 Å². The summed E-state index contributed by atoms with van der Waals surface area (Å²) in [6, 6.07) is 9.50. The first-order valence-electron chi connectivity index (χ1n) is 13.5. The van der Waals surface area contributed by atoms with Gasteiger partial charge in [-0.3, -0.25) is 14.4 Å². The molecule has 1 saturated carbocycles. The molecule has 12 heteroatoms. The van der Waals surface area contributed by atoms with Crippen LogP contribution >= 0.6 is 11.3 Å². The van der Waals surface area contributed by atoms with Gasteiger partial charge in [0.1, 0.15) is 29.4 Å². The summed E-state index contributed by atoms with van der Waals surface area (Å²) in [4.78, 5) is 63.1. The highest BCUT2D eigenvalue weighted by atomic mass is 32.1. The number of hydrogen-bond donors (Lipinski definition) is 3. The largest absolute Gasteiger partial charge is 0.479 e. The number of aliphatic carboxylic acids is 1. The van der Waals surface area contributed by atoms with E-state index in [1.54, 1.807) is 0 Å². The summed E-state index contributed by atoms with van der Waals surface area (Å²) < 4.78 is 6.38. The SMILES string of the molecule is C=C[C@@H]1C[C@]1(NC(=O)[C@@H]1C[C@@H](Oc2nc3ccccc3nc2-c2cccs2)CN1C(=O)[C@@H]1CCCC(=O)N1)C(=O)O. The van der Waals surface area contributed by atoms with Gasteiger partial charge in [-0.15, -0.1) is 17.9 Å². The average molecular weight is 576 g/mol. The van der Waals surface area contributed by atoms with E-state index in [1.165, 1.54) is 22.3 Å². The number of nitrogens with one attached hydrogen (secondary N) is 2. The van der Waals surface area contributed by atoms with Crippen molar-refractivity contribution < 1.29 is 29.0 Å². The molecule has 3 aromatic rings. The molecule has 5 atom stereocenters. The lowest BCUT2D eigenvalue weighted by Crippen LogP contribution is -2.57. The number of carboxylic acid groups (broad SMARTS) is 1. The number of nitrogens with zero attached hydrogens (tertiary/aromatic N) is 3. The number of carboxylic acids is 1. The van der Waals surface area contributed by atoms with Crippen molar-refractivity contribution in [1.29, 1.82) is 0 Å². The van der Waals surface area contributed by atoms with Crippen LogP contribution in [0, 0.1) is 5.92 Å². The van der Waals surface area contributed by atoms with Crippen LogP contribution in [0.4, 0.5) is 0 Å². The first-order chi connectivity index (χ1) is 19.8. The minimum Gasteiger partial charge on any atom is -0.479 e. The van der Waals surface area contributed by atoms with Gasteiger partial charge in [-0.1, -0.05) is 24.3 Å². The maximum absolute atomic E-state index is 13.6. The minimum atomic E-state index is -1.44. The van der Waals surface area contributed by atoms with Crippen LogP contribution in [-0.2, 0) is 19.2 Å². The van der Waals surface area contributed by atoms with Crippen LogP contribution in [0.25, 0.3) is 21.6 Å². The van der Waals surface area contributed by atoms with Crippen molar-refractivity contribution in [3.05, 3.63) is 54.4 Å². The zero-order chi connectivity index (χ0) is 28.7. The molecule has 1 aliphatic carbocycles. The Kier molecular flexibility index (Phi) is 6.94. The number of benzene rings is 1. The molecule has 4 heterocycles. The van der Waals surface area contributed by atoms with Crippen LogP contribution in [0.1, 0.15) is 32.1 Å². The smallest absolute Gasteiger partial charge is 0.330 e. The topological polar surface area (TPSA) is 151 Å². The molecule has 11 nitrogen and oxygen atoms in total. The summed E-state index contributed by atoms with van der Waals surface area (Å²) in [5.74, 6) is -2.46. The molecule has 1 aromatic carbocycles. The molecule has 6 rings (SSSR count). The Bertz CT molecular complexity index is 1540. The van der Waals surface area contributed by atoms with Gasteiger partial charge in [-0.2, -0.15) is 0 Å². The first kappa shape index (κ1) is 26.9. The number of aromatic nitrogens is 2. The first-order valence-corrected chi connectivity index (χ1v) is 14.4. The highest BCUT2D eigenvalue weighted by molar-refractivity contribution is 7.13. The van der Waals surface area contributed by atoms with Crippen molar-refractivity contribution in [2.75, 3.05) is 6.54 Å². The molecular weight excluding hydrogens is 546 g/mol. The van der Waals surface area contributed by atoms with Gasteiger partial charge in [0, 0.05) is 18.8 Å². The van der Waals surface area contributed by atoms with E-state index in [1.807, 2.05) is 41.8 Å². The lowest BCUT2D eigenvalue weighted by Gasteiger charge is -2.30. The predicted molar refractivity (Wildman–Crippen MR) is 150 cm³/mol. The normalized spacial score (nSPS) is 27.2. The highest BCUT2D eigenvalue weighted by Crippen LogP contribution is 2.45. The fourth-order valence-corrected chi connectivity index (χ4v) is 6.39. The van der Waals surface area contributed by atoms with E-state index in [0.29, 0.717) is 36.0 Å². The second-order valence-electron chi connectivity index (χ2n) is 10.6. The molecular formula is C29H29N5O6S. The lowest BCUT2D eigenvalue weighted by molar-refractivity contribution is -0.146. The van der Waals surface area contributed by atoms with Crippen molar-refractivity contribution in [3.63, 3.8) is 0 Å². The van der Waals surface area contributed by atoms with Gasteiger partial charge < -0.3 is 25.4 Å². The van der Waals surface area contributed by atoms with Gasteiger partial charge in [0.05, 0.1) is 22.5 Å². The van der Waals surface area contributed by atoms with Gasteiger partial charge in [0.15, 0.2) is 0 Å². The third-order valence-electron chi connectivity index (χ3n) is 7.98. The third kappa shape index (κ3) is 5.03. The van der Waals surface area contributed by atoms with E-state index < -0.39 is 47.4 Å². The molecule has 3 amide bonds. The molecule has 0 radical (unpaired) electrons. The molecule has 41 heavy (non-hydrogen) atoms. The maximum atomic E-state index is 13.6. The molecule has 212 valence electrons. The van der Waals surface area contributed by atoms with E-state index in [4.69, 9.17) is 14.7 Å². The molecule has 3 N–H and O–H groups in total. The Labute approximate surface area is 239 Å². The second kappa shape index (κ2) is 10.6. The minimum absolute atomic E-state index is 0.0621. The number of rotatable bonds is 8. The van der Waals surface area contributed by atoms with Crippen molar-refractivity contribution in [3.8, 4) is 16.5 Å². The number of piperidine rings is 1. The number of amides is 3. The number of fused-ring (bicyclic) bond motifs is 1. The fourth-order valence-electron chi connectivity index (χ4n) is 5.68.